The summed E-state index contributed by atoms with van der Waals surface area (Å²) in [6, 6.07) is 14.2. The van der Waals surface area contributed by atoms with Crippen LogP contribution < -0.4 is 10.6 Å². The van der Waals surface area contributed by atoms with E-state index in [0.29, 0.717) is 10.9 Å². The fourth-order valence-corrected chi connectivity index (χ4v) is 4.83. The second-order valence-corrected chi connectivity index (χ2v) is 9.10. The highest BCUT2D eigenvalue weighted by Gasteiger charge is 2.42. The van der Waals surface area contributed by atoms with Crippen LogP contribution in [0.4, 0.5) is 5.69 Å². The molecule has 2 fully saturated rings. The fourth-order valence-electron chi connectivity index (χ4n) is 4.17. The van der Waals surface area contributed by atoms with Crippen LogP contribution in [-0.2, 0) is 0 Å². The van der Waals surface area contributed by atoms with Gasteiger partial charge in [-0.15, -0.1) is 0 Å². The van der Waals surface area contributed by atoms with Crippen LogP contribution in [0.25, 0.3) is 0 Å². The van der Waals surface area contributed by atoms with E-state index in [9.17, 15) is 0 Å². The minimum Gasteiger partial charge on any atom is -0.364 e. The zero-order valence-electron chi connectivity index (χ0n) is 14.6. The molecule has 1 saturated carbocycles. The SMILES string of the molecule is NC1(C[C@@H]2CC[C@@H](c3ccc(Cl)cc3Cl)N(c3ccc(Cl)cc3)C2)CC1. The van der Waals surface area contributed by atoms with E-state index in [4.69, 9.17) is 40.5 Å². The summed E-state index contributed by atoms with van der Waals surface area (Å²) in [5.41, 5.74) is 8.80. The van der Waals surface area contributed by atoms with Gasteiger partial charge in [0.1, 0.15) is 0 Å². The summed E-state index contributed by atoms with van der Waals surface area (Å²) in [4.78, 5) is 2.46. The molecule has 1 aliphatic heterocycles. The van der Waals surface area contributed by atoms with Crippen molar-refractivity contribution in [2.45, 2.75) is 43.7 Å². The van der Waals surface area contributed by atoms with E-state index in [1.165, 1.54) is 12.1 Å². The van der Waals surface area contributed by atoms with Gasteiger partial charge < -0.3 is 10.6 Å². The monoisotopic (exact) mass is 408 g/mol. The van der Waals surface area contributed by atoms with E-state index in [1.54, 1.807) is 0 Å². The van der Waals surface area contributed by atoms with Crippen LogP contribution in [0.15, 0.2) is 42.5 Å². The van der Waals surface area contributed by atoms with Gasteiger partial charge in [0, 0.05) is 32.8 Å². The Bertz CT molecular complexity index is 786. The van der Waals surface area contributed by atoms with Gasteiger partial charge in [0.15, 0.2) is 0 Å². The molecule has 138 valence electrons. The van der Waals surface area contributed by atoms with Crippen molar-refractivity contribution in [2.24, 2.45) is 11.7 Å². The summed E-state index contributed by atoms with van der Waals surface area (Å²) in [7, 11) is 0. The summed E-state index contributed by atoms with van der Waals surface area (Å²) >= 11 is 18.7. The number of nitrogens with two attached hydrogens (primary N) is 1. The van der Waals surface area contributed by atoms with Gasteiger partial charge in [0.05, 0.1) is 6.04 Å². The van der Waals surface area contributed by atoms with Crippen LogP contribution in [0.1, 0.15) is 43.7 Å². The molecule has 1 saturated heterocycles. The molecule has 0 spiro atoms. The minimum absolute atomic E-state index is 0.0844. The highest BCUT2D eigenvalue weighted by atomic mass is 35.5. The van der Waals surface area contributed by atoms with Gasteiger partial charge in [-0.3, -0.25) is 0 Å². The molecule has 2 aromatic carbocycles. The third-order valence-corrected chi connectivity index (χ3v) is 6.56. The fraction of sp³-hybridized carbons (Fsp3) is 0.429. The van der Waals surface area contributed by atoms with Gasteiger partial charge in [-0.05, 0) is 80.0 Å². The molecule has 1 heterocycles. The number of hydrogen-bond acceptors (Lipinski definition) is 2. The predicted octanol–water partition coefficient (Wildman–Crippen LogP) is 6.49. The minimum atomic E-state index is 0.0844. The summed E-state index contributed by atoms with van der Waals surface area (Å²) in [5, 5.41) is 2.16. The molecule has 1 aliphatic carbocycles. The maximum Gasteiger partial charge on any atom is 0.0557 e. The Morgan fingerprint density at radius 2 is 1.65 bits per heavy atom. The highest BCUT2D eigenvalue weighted by molar-refractivity contribution is 6.35. The summed E-state index contributed by atoms with van der Waals surface area (Å²) in [5.74, 6) is 0.612. The van der Waals surface area contributed by atoms with E-state index in [0.717, 1.165) is 47.8 Å². The van der Waals surface area contributed by atoms with Gasteiger partial charge in [-0.1, -0.05) is 40.9 Å². The lowest BCUT2D eigenvalue weighted by Crippen LogP contribution is -2.41. The van der Waals surface area contributed by atoms with Crippen LogP contribution in [0.3, 0.4) is 0 Å². The third-order valence-electron chi connectivity index (χ3n) is 5.75. The molecule has 0 aromatic heterocycles. The van der Waals surface area contributed by atoms with Crippen LogP contribution >= 0.6 is 34.8 Å². The standard InChI is InChI=1S/C21H23Cl3N2/c22-15-2-5-17(6-3-15)26-13-14(12-21(25)9-10-21)1-8-20(26)18-7-4-16(23)11-19(18)24/h2-7,11,14,20H,1,8-10,12-13,25H2/t14-,20-/m0/s1. The van der Waals surface area contributed by atoms with Crippen LogP contribution in [0.2, 0.25) is 15.1 Å². The summed E-state index contributed by atoms with van der Waals surface area (Å²) in [6.07, 6.45) is 5.67. The lowest BCUT2D eigenvalue weighted by Gasteiger charge is -2.42. The molecule has 0 bridgehead atoms. The molecule has 0 unspecified atom stereocenters. The average Bonchev–Trinajstić information content (AvgIpc) is 3.33. The van der Waals surface area contributed by atoms with E-state index in [1.807, 2.05) is 24.3 Å². The quantitative estimate of drug-likeness (QED) is 0.625. The first kappa shape index (κ1) is 18.4. The van der Waals surface area contributed by atoms with Crippen molar-refractivity contribution in [3.8, 4) is 0 Å². The van der Waals surface area contributed by atoms with Gasteiger partial charge in [-0.2, -0.15) is 0 Å². The molecular weight excluding hydrogens is 387 g/mol. The van der Waals surface area contributed by atoms with E-state index in [2.05, 4.69) is 23.1 Å². The first-order chi connectivity index (χ1) is 12.4. The van der Waals surface area contributed by atoms with Crippen molar-refractivity contribution in [3.05, 3.63) is 63.1 Å². The Balaban J connectivity index is 1.64. The van der Waals surface area contributed by atoms with Crippen molar-refractivity contribution < 1.29 is 0 Å². The summed E-state index contributed by atoms with van der Waals surface area (Å²) < 4.78 is 0. The van der Waals surface area contributed by atoms with E-state index in [-0.39, 0.29) is 11.6 Å². The number of hydrogen-bond donors (Lipinski definition) is 1. The van der Waals surface area contributed by atoms with Crippen molar-refractivity contribution in [1.82, 2.24) is 0 Å². The Hall–Kier alpha value is -0.930. The number of rotatable bonds is 4. The molecule has 0 amide bonds. The first-order valence-electron chi connectivity index (χ1n) is 9.20. The topological polar surface area (TPSA) is 29.3 Å². The Labute approximate surface area is 170 Å². The van der Waals surface area contributed by atoms with Gasteiger partial charge >= 0.3 is 0 Å². The number of halogens is 3. The van der Waals surface area contributed by atoms with Crippen molar-refractivity contribution >= 4 is 40.5 Å². The van der Waals surface area contributed by atoms with Gasteiger partial charge in [0.25, 0.3) is 0 Å². The Kier molecular flexibility index (Phi) is 5.13. The second-order valence-electron chi connectivity index (χ2n) is 7.82. The van der Waals surface area contributed by atoms with Gasteiger partial charge in [-0.25, -0.2) is 0 Å². The predicted molar refractivity (Wildman–Crippen MR) is 111 cm³/mol. The molecule has 26 heavy (non-hydrogen) atoms. The zero-order chi connectivity index (χ0) is 18.3. The molecule has 0 radical (unpaired) electrons. The van der Waals surface area contributed by atoms with Crippen LogP contribution in [-0.4, -0.2) is 12.1 Å². The van der Waals surface area contributed by atoms with Crippen LogP contribution in [0.5, 0.6) is 0 Å². The van der Waals surface area contributed by atoms with E-state index >= 15 is 0 Å². The Morgan fingerprint density at radius 1 is 0.962 bits per heavy atom. The second kappa shape index (κ2) is 7.24. The molecule has 2 aromatic rings. The maximum absolute atomic E-state index is 6.54. The number of benzene rings is 2. The highest BCUT2D eigenvalue weighted by Crippen LogP contribution is 2.45. The number of anilines is 1. The Morgan fingerprint density at radius 3 is 2.31 bits per heavy atom. The largest absolute Gasteiger partial charge is 0.364 e. The molecule has 2 atom stereocenters. The average molecular weight is 410 g/mol. The van der Waals surface area contributed by atoms with Crippen LogP contribution in [0, 0.1) is 5.92 Å². The van der Waals surface area contributed by atoms with E-state index < -0.39 is 0 Å². The number of nitrogens with zero attached hydrogens (tertiary/aromatic N) is 1. The zero-order valence-corrected chi connectivity index (χ0v) is 16.9. The lowest BCUT2D eigenvalue weighted by atomic mass is 9.84. The molecule has 5 heteroatoms. The molecule has 2 nitrogen and oxygen atoms in total. The third kappa shape index (κ3) is 3.99. The lowest BCUT2D eigenvalue weighted by molar-refractivity contribution is 0.317. The molecule has 2 N–H and O–H groups in total. The smallest absolute Gasteiger partial charge is 0.0557 e. The maximum atomic E-state index is 6.54. The van der Waals surface area contributed by atoms with Crippen molar-refractivity contribution in [3.63, 3.8) is 0 Å². The van der Waals surface area contributed by atoms with Gasteiger partial charge in [0.2, 0.25) is 0 Å². The number of piperidine rings is 1. The molecular formula is C21H23Cl3N2. The van der Waals surface area contributed by atoms with Crippen molar-refractivity contribution in [2.75, 3.05) is 11.4 Å². The summed E-state index contributed by atoms with van der Waals surface area (Å²) in [6.45, 7) is 0.990. The molecule has 2 aliphatic rings. The van der Waals surface area contributed by atoms with Crippen molar-refractivity contribution in [1.29, 1.82) is 0 Å². The molecule has 4 rings (SSSR count). The first-order valence-corrected chi connectivity index (χ1v) is 10.3. The normalized spacial score (nSPS) is 24.5.